The quantitative estimate of drug-likeness (QED) is 0.370. The van der Waals surface area contributed by atoms with Crippen LogP contribution in [-0.4, -0.2) is 55.1 Å². The van der Waals surface area contributed by atoms with Gasteiger partial charge in [0.15, 0.2) is 17.4 Å². The summed E-state index contributed by atoms with van der Waals surface area (Å²) in [6.07, 6.45) is 0. The van der Waals surface area contributed by atoms with Crippen LogP contribution in [0.3, 0.4) is 0 Å². The molecule has 1 radical (unpaired) electrons. The molecule has 0 rings (SSSR count). The molecule has 0 amide bonds. The average Bonchev–Trinajstić information content (AvgIpc) is 0. The maximum atomic E-state index is 0. The monoisotopic (exact) mass is 175 g/mol. The summed E-state index contributed by atoms with van der Waals surface area (Å²) in [7, 11) is 0. The van der Waals surface area contributed by atoms with Gasteiger partial charge in [-0.05, 0) is 0 Å². The van der Waals surface area contributed by atoms with E-state index in [-0.39, 0.29) is 91.0 Å². The van der Waals surface area contributed by atoms with Crippen LogP contribution in [0.2, 0.25) is 0 Å². The molecule has 0 unspecified atom stereocenters. The van der Waals surface area contributed by atoms with Crippen LogP contribution in [0.25, 0.3) is 0 Å². The molecule has 0 heterocycles. The van der Waals surface area contributed by atoms with Gasteiger partial charge in [-0.15, -0.1) is 0 Å². The molecule has 4 heavy (non-hydrogen) atoms. The molecule has 0 aliphatic heterocycles. The van der Waals surface area contributed by atoms with E-state index in [0.717, 1.165) is 0 Å². The zero-order valence-corrected chi connectivity index (χ0v) is 3.53. The fourth-order valence-corrected chi connectivity index (χ4v) is 0. The van der Waals surface area contributed by atoms with Gasteiger partial charge in [0.1, 0.15) is 0 Å². The average molecular weight is 175 g/mol. The summed E-state index contributed by atoms with van der Waals surface area (Å²) in [5.41, 5.74) is 0. The van der Waals surface area contributed by atoms with Gasteiger partial charge in [0.05, 0.1) is 0 Å². The summed E-state index contributed by atoms with van der Waals surface area (Å²) in [6.45, 7) is 0. The smallest absolute Gasteiger partial charge is 0 e. The van der Waals surface area contributed by atoms with Gasteiger partial charge in [0.2, 0.25) is 0 Å². The maximum Gasteiger partial charge on any atom is 0 e. The Morgan fingerprint density at radius 3 is 1.00 bits per heavy atom. The molecular weight excluding hydrogens is 170 g/mol. The molecule has 0 aliphatic carbocycles. The second-order valence-electron chi connectivity index (χ2n) is 0. The van der Waals surface area contributed by atoms with E-state index in [9.17, 15) is 0 Å². The standard InChI is InChI=1S/Al.Ca.Cr.V.5H. The van der Waals surface area contributed by atoms with E-state index in [0.29, 0.717) is 0 Å². The second-order valence-corrected chi connectivity index (χ2v) is 0. The van der Waals surface area contributed by atoms with Crippen LogP contribution >= 0.6 is 0 Å². The van der Waals surface area contributed by atoms with E-state index in [2.05, 4.69) is 0 Å². The SMILES string of the molecule is [AlH3].[CaH2].[Cr].[V]. The van der Waals surface area contributed by atoms with Crippen molar-refractivity contribution in [2.45, 2.75) is 0 Å². The summed E-state index contributed by atoms with van der Waals surface area (Å²) >= 11 is 0. The first-order valence-electron chi connectivity index (χ1n) is 0. The van der Waals surface area contributed by atoms with E-state index in [1.807, 2.05) is 0 Å². The molecule has 0 aromatic carbocycles. The van der Waals surface area contributed by atoms with Crippen LogP contribution in [-0.2, 0) is 35.9 Å². The Morgan fingerprint density at radius 2 is 1.00 bits per heavy atom. The van der Waals surface area contributed by atoms with Gasteiger partial charge < -0.3 is 0 Å². The van der Waals surface area contributed by atoms with Crippen LogP contribution in [0, 0.1) is 0 Å². The van der Waals surface area contributed by atoms with Crippen molar-refractivity contribution in [1.29, 1.82) is 0 Å². The normalized spacial score (nSPS) is 0. The summed E-state index contributed by atoms with van der Waals surface area (Å²) in [4.78, 5) is 0. The Labute approximate surface area is 89.2 Å². The molecular formula is H5AlCaCrV. The molecule has 0 aromatic rings. The molecule has 0 spiro atoms. The Bertz CT molecular complexity index is 8.00. The third kappa shape index (κ3) is 8.86. The van der Waals surface area contributed by atoms with Crippen molar-refractivity contribution in [3.05, 3.63) is 0 Å². The Kier molecular flexibility index (Phi) is 120. The Hall–Kier alpha value is 2.91. The van der Waals surface area contributed by atoms with Gasteiger partial charge in [-0.1, -0.05) is 0 Å². The minimum absolute atomic E-state index is 0. The van der Waals surface area contributed by atoms with Crippen molar-refractivity contribution in [1.82, 2.24) is 0 Å². The van der Waals surface area contributed by atoms with Crippen LogP contribution in [0.15, 0.2) is 0 Å². The molecule has 0 aromatic heterocycles. The zero-order chi connectivity index (χ0) is 0. The molecule has 0 nitrogen and oxygen atoms in total. The Balaban J connectivity index is 0. The van der Waals surface area contributed by atoms with Crippen LogP contribution in [0.5, 0.6) is 0 Å². The molecule has 0 fully saturated rings. The van der Waals surface area contributed by atoms with E-state index in [1.165, 1.54) is 0 Å². The predicted octanol–water partition coefficient (Wildman–Crippen LogP) is -2.11. The summed E-state index contributed by atoms with van der Waals surface area (Å²) in [5, 5.41) is 0. The zero-order valence-electron chi connectivity index (χ0n) is 0.855. The van der Waals surface area contributed by atoms with Crippen LogP contribution in [0.1, 0.15) is 0 Å². The fourth-order valence-electron chi connectivity index (χ4n) is 0. The largest absolute Gasteiger partial charge is 0 e. The predicted molar refractivity (Wildman–Crippen MR) is 18.5 cm³/mol. The number of hydrogen-bond acceptors (Lipinski definition) is 0. The van der Waals surface area contributed by atoms with Gasteiger partial charge in [-0.25, -0.2) is 0 Å². The van der Waals surface area contributed by atoms with E-state index in [1.54, 1.807) is 0 Å². The molecule has 4 heteroatoms. The third-order valence-corrected chi connectivity index (χ3v) is 0. The third-order valence-electron chi connectivity index (χ3n) is 0. The second kappa shape index (κ2) is 16.8. The maximum absolute atomic E-state index is 0. The summed E-state index contributed by atoms with van der Waals surface area (Å²) < 4.78 is 0. The van der Waals surface area contributed by atoms with Crippen molar-refractivity contribution in [2.24, 2.45) is 0 Å². The number of hydrogen-bond donors (Lipinski definition) is 0. The fraction of sp³-hybridized carbons (Fsp3) is 0. The molecule has 21 valence electrons. The first-order valence-corrected chi connectivity index (χ1v) is 0. The van der Waals surface area contributed by atoms with Crippen LogP contribution in [0.4, 0.5) is 0 Å². The minimum atomic E-state index is 0. The minimum Gasteiger partial charge on any atom is 0 e. The molecule has 0 bridgehead atoms. The van der Waals surface area contributed by atoms with Gasteiger partial charge in [-0.3, -0.25) is 0 Å². The first kappa shape index (κ1) is 28.5. The van der Waals surface area contributed by atoms with Gasteiger partial charge >= 0.3 is 37.7 Å². The molecule has 0 saturated heterocycles. The van der Waals surface area contributed by atoms with Crippen LogP contribution < -0.4 is 0 Å². The topological polar surface area (TPSA) is 0 Å². The van der Waals surface area contributed by atoms with Gasteiger partial charge in [0.25, 0.3) is 0 Å². The summed E-state index contributed by atoms with van der Waals surface area (Å²) in [6, 6.07) is 0. The molecule has 0 aliphatic rings. The van der Waals surface area contributed by atoms with Gasteiger partial charge in [-0.2, -0.15) is 0 Å². The van der Waals surface area contributed by atoms with Crippen molar-refractivity contribution < 1.29 is 35.9 Å². The van der Waals surface area contributed by atoms with Crippen molar-refractivity contribution >= 4 is 55.1 Å². The van der Waals surface area contributed by atoms with E-state index < -0.39 is 0 Å². The van der Waals surface area contributed by atoms with Gasteiger partial charge in [0, 0.05) is 35.9 Å². The molecule has 0 N–H and O–H groups in total. The van der Waals surface area contributed by atoms with Crippen molar-refractivity contribution in [2.75, 3.05) is 0 Å². The molecule has 0 saturated carbocycles. The molecule has 0 atom stereocenters. The Morgan fingerprint density at radius 1 is 1.00 bits per heavy atom. The van der Waals surface area contributed by atoms with E-state index >= 15 is 0 Å². The number of rotatable bonds is 0. The van der Waals surface area contributed by atoms with Crippen molar-refractivity contribution in [3.63, 3.8) is 0 Å². The van der Waals surface area contributed by atoms with E-state index in [4.69, 9.17) is 0 Å². The van der Waals surface area contributed by atoms with Crippen molar-refractivity contribution in [3.8, 4) is 0 Å². The first-order chi connectivity index (χ1) is 0. The summed E-state index contributed by atoms with van der Waals surface area (Å²) in [5.74, 6) is 0.